The number of ether oxygens (including phenoxy) is 2. The van der Waals surface area contributed by atoms with E-state index in [0.29, 0.717) is 23.2 Å². The molecule has 0 aliphatic heterocycles. The van der Waals surface area contributed by atoms with Crippen LogP contribution in [0.15, 0.2) is 24.3 Å². The Balaban J connectivity index is 2.29. The van der Waals surface area contributed by atoms with Gasteiger partial charge in [-0.1, -0.05) is 31.5 Å². The summed E-state index contributed by atoms with van der Waals surface area (Å²) in [5, 5.41) is 3.11. The Morgan fingerprint density at radius 1 is 1.27 bits per heavy atom. The molecule has 0 aromatic heterocycles. The summed E-state index contributed by atoms with van der Waals surface area (Å²) in [5.74, 6) is -0.471. The van der Waals surface area contributed by atoms with E-state index in [1.54, 1.807) is 31.2 Å². The highest BCUT2D eigenvalue weighted by Gasteiger charge is 2.16. The third-order valence-corrected chi connectivity index (χ3v) is 3.08. The lowest BCUT2D eigenvalue weighted by molar-refractivity contribution is -0.158. The Labute approximate surface area is 135 Å². The van der Waals surface area contributed by atoms with Crippen molar-refractivity contribution < 1.29 is 19.1 Å². The fourth-order valence-electron chi connectivity index (χ4n) is 1.57. The number of halogens is 1. The van der Waals surface area contributed by atoms with Gasteiger partial charge >= 0.3 is 5.97 Å². The molecule has 1 aromatic rings. The lowest BCUT2D eigenvalue weighted by Gasteiger charge is -2.13. The molecule has 1 N–H and O–H groups in total. The van der Waals surface area contributed by atoms with Crippen molar-refractivity contribution in [2.45, 2.75) is 33.3 Å². The maximum Gasteiger partial charge on any atom is 0.335 e. The average molecular weight is 328 g/mol. The van der Waals surface area contributed by atoms with Crippen LogP contribution in [0.25, 0.3) is 0 Å². The van der Waals surface area contributed by atoms with Crippen molar-refractivity contribution >= 4 is 29.2 Å². The molecule has 0 radical (unpaired) electrons. The van der Waals surface area contributed by atoms with Gasteiger partial charge in [-0.05, 0) is 37.5 Å². The second-order valence-electron chi connectivity index (χ2n) is 5.36. The SMILES string of the molecule is CC(C)CCOC(C)C(=O)OCC(=O)Nc1cccc(Cl)c1. The van der Waals surface area contributed by atoms with E-state index in [0.717, 1.165) is 6.42 Å². The maximum atomic E-state index is 11.7. The van der Waals surface area contributed by atoms with Crippen LogP contribution in [0, 0.1) is 5.92 Å². The van der Waals surface area contributed by atoms with Crippen LogP contribution in [0.4, 0.5) is 5.69 Å². The number of carbonyl (C=O) groups excluding carboxylic acids is 2. The number of hydrogen-bond donors (Lipinski definition) is 1. The smallest absolute Gasteiger partial charge is 0.335 e. The van der Waals surface area contributed by atoms with Crippen LogP contribution >= 0.6 is 11.6 Å². The molecule has 0 heterocycles. The molecule has 0 spiro atoms. The van der Waals surface area contributed by atoms with E-state index < -0.39 is 18.0 Å². The molecule has 22 heavy (non-hydrogen) atoms. The fourth-order valence-corrected chi connectivity index (χ4v) is 1.76. The fraction of sp³-hybridized carbons (Fsp3) is 0.500. The second kappa shape index (κ2) is 9.43. The standard InChI is InChI=1S/C16H22ClNO4/c1-11(2)7-8-21-12(3)16(20)22-10-15(19)18-14-6-4-5-13(17)9-14/h4-6,9,11-12H,7-8,10H2,1-3H3,(H,18,19). The molecule has 0 bridgehead atoms. The van der Waals surface area contributed by atoms with Crippen LogP contribution in [0.5, 0.6) is 0 Å². The number of hydrogen-bond acceptors (Lipinski definition) is 4. The van der Waals surface area contributed by atoms with Gasteiger partial charge in [-0.25, -0.2) is 4.79 Å². The first-order chi connectivity index (χ1) is 10.4. The number of esters is 1. The van der Waals surface area contributed by atoms with Gasteiger partial charge in [-0.3, -0.25) is 4.79 Å². The van der Waals surface area contributed by atoms with Crippen LogP contribution in [0.1, 0.15) is 27.2 Å². The molecule has 1 amide bonds. The highest BCUT2D eigenvalue weighted by atomic mass is 35.5. The van der Waals surface area contributed by atoms with Gasteiger partial charge in [-0.2, -0.15) is 0 Å². The van der Waals surface area contributed by atoms with Gasteiger partial charge in [0.25, 0.3) is 5.91 Å². The predicted octanol–water partition coefficient (Wildman–Crippen LogP) is 3.27. The van der Waals surface area contributed by atoms with Crippen LogP contribution in [-0.2, 0) is 19.1 Å². The van der Waals surface area contributed by atoms with E-state index in [1.807, 2.05) is 0 Å². The van der Waals surface area contributed by atoms with Gasteiger partial charge in [0, 0.05) is 17.3 Å². The van der Waals surface area contributed by atoms with E-state index >= 15 is 0 Å². The first kappa shape index (κ1) is 18.5. The zero-order valence-electron chi connectivity index (χ0n) is 13.1. The van der Waals surface area contributed by atoms with Crippen molar-refractivity contribution in [1.82, 2.24) is 0 Å². The van der Waals surface area contributed by atoms with E-state index in [-0.39, 0.29) is 6.61 Å². The van der Waals surface area contributed by atoms with Crippen LogP contribution in [-0.4, -0.2) is 31.2 Å². The molecule has 0 aliphatic rings. The minimum atomic E-state index is -0.683. The highest BCUT2D eigenvalue weighted by molar-refractivity contribution is 6.30. The molecule has 1 rings (SSSR count). The van der Waals surface area contributed by atoms with E-state index in [1.165, 1.54) is 0 Å². The zero-order valence-corrected chi connectivity index (χ0v) is 13.9. The summed E-state index contributed by atoms with van der Waals surface area (Å²) < 4.78 is 10.3. The average Bonchev–Trinajstić information content (AvgIpc) is 2.44. The quantitative estimate of drug-likeness (QED) is 0.744. The highest BCUT2D eigenvalue weighted by Crippen LogP contribution is 2.14. The van der Waals surface area contributed by atoms with E-state index in [2.05, 4.69) is 19.2 Å². The van der Waals surface area contributed by atoms with Gasteiger partial charge in [0.15, 0.2) is 12.7 Å². The summed E-state index contributed by atoms with van der Waals surface area (Å²) in [6.45, 7) is 5.89. The minimum absolute atomic E-state index is 0.358. The van der Waals surface area contributed by atoms with Crippen molar-refractivity contribution in [1.29, 1.82) is 0 Å². The number of benzene rings is 1. The lowest BCUT2D eigenvalue weighted by atomic mass is 10.1. The summed E-state index contributed by atoms with van der Waals surface area (Å²) in [7, 11) is 0. The van der Waals surface area contributed by atoms with Crippen LogP contribution < -0.4 is 5.32 Å². The molecule has 0 saturated carbocycles. The van der Waals surface area contributed by atoms with Gasteiger partial charge < -0.3 is 14.8 Å². The summed E-state index contributed by atoms with van der Waals surface area (Å²) in [6, 6.07) is 6.73. The Morgan fingerprint density at radius 3 is 2.64 bits per heavy atom. The van der Waals surface area contributed by atoms with Gasteiger partial charge in [-0.15, -0.1) is 0 Å². The largest absolute Gasteiger partial charge is 0.454 e. The lowest BCUT2D eigenvalue weighted by Crippen LogP contribution is -2.28. The number of rotatable bonds is 8. The molecular weight excluding hydrogens is 306 g/mol. The van der Waals surface area contributed by atoms with Gasteiger partial charge in [0.05, 0.1) is 0 Å². The van der Waals surface area contributed by atoms with Crippen LogP contribution in [0.3, 0.4) is 0 Å². The summed E-state index contributed by atoms with van der Waals surface area (Å²) in [5.41, 5.74) is 0.551. The third-order valence-electron chi connectivity index (χ3n) is 2.85. The maximum absolute atomic E-state index is 11.7. The summed E-state index contributed by atoms with van der Waals surface area (Å²) in [4.78, 5) is 23.4. The number of anilines is 1. The normalized spacial score (nSPS) is 12.0. The Hall–Kier alpha value is -1.59. The van der Waals surface area contributed by atoms with E-state index in [9.17, 15) is 9.59 Å². The molecule has 1 aromatic carbocycles. The summed E-state index contributed by atoms with van der Waals surface area (Å²) in [6.07, 6.45) is 0.185. The molecule has 0 fully saturated rings. The van der Waals surface area contributed by atoms with Crippen molar-refractivity contribution in [3.63, 3.8) is 0 Å². The van der Waals surface area contributed by atoms with Gasteiger partial charge in [0.1, 0.15) is 0 Å². The molecular formula is C16H22ClNO4. The molecule has 122 valence electrons. The molecule has 6 heteroatoms. The van der Waals surface area contributed by atoms with Crippen molar-refractivity contribution in [3.05, 3.63) is 29.3 Å². The van der Waals surface area contributed by atoms with Crippen molar-refractivity contribution in [2.24, 2.45) is 5.92 Å². The Morgan fingerprint density at radius 2 is 2.00 bits per heavy atom. The zero-order chi connectivity index (χ0) is 16.5. The molecule has 5 nitrogen and oxygen atoms in total. The second-order valence-corrected chi connectivity index (χ2v) is 5.80. The van der Waals surface area contributed by atoms with E-state index in [4.69, 9.17) is 21.1 Å². The van der Waals surface area contributed by atoms with Gasteiger partial charge in [0.2, 0.25) is 0 Å². The van der Waals surface area contributed by atoms with Crippen molar-refractivity contribution in [3.8, 4) is 0 Å². The Kier molecular flexibility index (Phi) is 7.91. The number of nitrogens with one attached hydrogen (secondary N) is 1. The first-order valence-electron chi connectivity index (χ1n) is 7.22. The molecule has 1 atom stereocenters. The summed E-state index contributed by atoms with van der Waals surface area (Å²) >= 11 is 5.81. The molecule has 0 saturated heterocycles. The molecule has 0 aliphatic carbocycles. The molecule has 1 unspecified atom stereocenters. The predicted molar refractivity (Wildman–Crippen MR) is 85.9 cm³/mol. The Bertz CT molecular complexity index is 505. The first-order valence-corrected chi connectivity index (χ1v) is 7.60. The number of carbonyl (C=O) groups is 2. The monoisotopic (exact) mass is 327 g/mol. The van der Waals surface area contributed by atoms with Crippen molar-refractivity contribution in [2.75, 3.05) is 18.5 Å². The third kappa shape index (κ3) is 7.43. The number of amides is 1. The topological polar surface area (TPSA) is 64.6 Å². The van der Waals surface area contributed by atoms with Crippen LogP contribution in [0.2, 0.25) is 5.02 Å². The minimum Gasteiger partial charge on any atom is -0.454 e.